The zero-order valence-corrected chi connectivity index (χ0v) is 15.6. The standard InChI is InChI=1S/C21H19N3O3/c1-12-19(13-10-17(25-2)21(27-4)18(11-13)26-3)24-20-14-6-5-9-22-15(14)7-8-16(20)23-12/h5-11H,1-4H3. The maximum absolute atomic E-state index is 5.48. The van der Waals surface area contributed by atoms with Gasteiger partial charge in [-0.15, -0.1) is 0 Å². The molecule has 0 atom stereocenters. The van der Waals surface area contributed by atoms with Crippen LogP contribution < -0.4 is 14.2 Å². The van der Waals surface area contributed by atoms with Crippen molar-refractivity contribution in [2.24, 2.45) is 0 Å². The van der Waals surface area contributed by atoms with Crippen molar-refractivity contribution in [3.05, 3.63) is 48.3 Å². The van der Waals surface area contributed by atoms with E-state index in [2.05, 4.69) is 4.98 Å². The topological polar surface area (TPSA) is 66.4 Å². The van der Waals surface area contributed by atoms with E-state index in [9.17, 15) is 0 Å². The maximum Gasteiger partial charge on any atom is 0.203 e. The van der Waals surface area contributed by atoms with E-state index in [0.717, 1.165) is 38.9 Å². The molecule has 0 amide bonds. The molecule has 0 spiro atoms. The van der Waals surface area contributed by atoms with E-state index < -0.39 is 0 Å². The molecule has 0 bridgehead atoms. The summed E-state index contributed by atoms with van der Waals surface area (Å²) in [5.41, 5.74) is 4.97. The first kappa shape index (κ1) is 17.0. The van der Waals surface area contributed by atoms with E-state index in [4.69, 9.17) is 24.2 Å². The van der Waals surface area contributed by atoms with Crippen LogP contribution in [-0.4, -0.2) is 36.3 Å². The molecule has 4 rings (SSSR count). The lowest BCUT2D eigenvalue weighted by molar-refractivity contribution is 0.324. The number of pyridine rings is 1. The van der Waals surface area contributed by atoms with Crippen molar-refractivity contribution in [3.63, 3.8) is 0 Å². The van der Waals surface area contributed by atoms with Crippen molar-refractivity contribution in [3.8, 4) is 28.5 Å². The van der Waals surface area contributed by atoms with Gasteiger partial charge in [-0.2, -0.15) is 0 Å². The summed E-state index contributed by atoms with van der Waals surface area (Å²) in [5, 5.41) is 0.969. The molecule has 0 saturated heterocycles. The number of hydrogen-bond acceptors (Lipinski definition) is 6. The Balaban J connectivity index is 2.01. The smallest absolute Gasteiger partial charge is 0.203 e. The van der Waals surface area contributed by atoms with Crippen molar-refractivity contribution in [2.75, 3.05) is 21.3 Å². The molecule has 0 N–H and O–H groups in total. The molecule has 2 heterocycles. The van der Waals surface area contributed by atoms with E-state index >= 15 is 0 Å². The van der Waals surface area contributed by atoms with Gasteiger partial charge < -0.3 is 14.2 Å². The van der Waals surface area contributed by atoms with Crippen LogP contribution in [0.1, 0.15) is 5.69 Å². The van der Waals surface area contributed by atoms with E-state index in [-0.39, 0.29) is 0 Å². The highest BCUT2D eigenvalue weighted by Crippen LogP contribution is 2.41. The average molecular weight is 361 g/mol. The average Bonchev–Trinajstić information content (AvgIpc) is 2.71. The Hall–Kier alpha value is -3.41. The Morgan fingerprint density at radius 3 is 2.19 bits per heavy atom. The normalized spacial score (nSPS) is 11.0. The molecule has 27 heavy (non-hydrogen) atoms. The summed E-state index contributed by atoms with van der Waals surface area (Å²) in [5.74, 6) is 1.70. The predicted octanol–water partition coefficient (Wildman–Crippen LogP) is 4.18. The van der Waals surface area contributed by atoms with Crippen LogP contribution in [0.15, 0.2) is 42.6 Å². The molecule has 0 fully saturated rings. The number of benzene rings is 2. The number of hydrogen-bond donors (Lipinski definition) is 0. The van der Waals surface area contributed by atoms with Gasteiger partial charge in [-0.25, -0.2) is 9.97 Å². The molecule has 2 aromatic carbocycles. The molecular weight excluding hydrogens is 342 g/mol. The highest BCUT2D eigenvalue weighted by Gasteiger charge is 2.17. The fourth-order valence-electron chi connectivity index (χ4n) is 3.25. The second-order valence-corrected chi connectivity index (χ2v) is 6.08. The Morgan fingerprint density at radius 1 is 0.815 bits per heavy atom. The Labute approximate surface area is 156 Å². The van der Waals surface area contributed by atoms with Crippen molar-refractivity contribution in [1.82, 2.24) is 15.0 Å². The molecule has 0 aliphatic carbocycles. The molecule has 0 radical (unpaired) electrons. The van der Waals surface area contributed by atoms with Crippen LogP contribution in [0.2, 0.25) is 0 Å². The van der Waals surface area contributed by atoms with Gasteiger partial charge in [0, 0.05) is 17.1 Å². The van der Waals surface area contributed by atoms with Crippen LogP contribution in [0.25, 0.3) is 33.2 Å². The van der Waals surface area contributed by atoms with E-state index in [1.165, 1.54) is 0 Å². The zero-order chi connectivity index (χ0) is 19.0. The molecule has 6 nitrogen and oxygen atoms in total. The number of nitrogens with zero attached hydrogens (tertiary/aromatic N) is 3. The first-order valence-electron chi connectivity index (χ1n) is 8.48. The number of fused-ring (bicyclic) bond motifs is 3. The minimum atomic E-state index is 0.546. The monoisotopic (exact) mass is 361 g/mol. The lowest BCUT2D eigenvalue weighted by Gasteiger charge is -2.15. The second kappa shape index (κ2) is 6.72. The van der Waals surface area contributed by atoms with Gasteiger partial charge in [0.1, 0.15) is 0 Å². The third-order valence-electron chi connectivity index (χ3n) is 4.53. The minimum absolute atomic E-state index is 0.546. The summed E-state index contributed by atoms with van der Waals surface area (Å²) in [7, 11) is 4.78. The van der Waals surface area contributed by atoms with Gasteiger partial charge in [0.05, 0.1) is 49.3 Å². The van der Waals surface area contributed by atoms with Crippen molar-refractivity contribution < 1.29 is 14.2 Å². The third kappa shape index (κ3) is 2.79. The van der Waals surface area contributed by atoms with Gasteiger partial charge in [-0.1, -0.05) is 0 Å². The van der Waals surface area contributed by atoms with Crippen LogP contribution >= 0.6 is 0 Å². The minimum Gasteiger partial charge on any atom is -0.493 e. The van der Waals surface area contributed by atoms with E-state index in [0.29, 0.717) is 17.2 Å². The lowest BCUT2D eigenvalue weighted by atomic mass is 10.1. The largest absolute Gasteiger partial charge is 0.493 e. The maximum atomic E-state index is 5.48. The summed E-state index contributed by atoms with van der Waals surface area (Å²) >= 11 is 0. The fourth-order valence-corrected chi connectivity index (χ4v) is 3.25. The number of aryl methyl sites for hydroxylation is 1. The lowest BCUT2D eigenvalue weighted by Crippen LogP contribution is -1.99. The summed E-state index contributed by atoms with van der Waals surface area (Å²) in [6, 6.07) is 11.6. The first-order chi connectivity index (χ1) is 13.2. The molecule has 2 aromatic heterocycles. The van der Waals surface area contributed by atoms with Crippen molar-refractivity contribution in [2.45, 2.75) is 6.92 Å². The van der Waals surface area contributed by atoms with Crippen LogP contribution in [-0.2, 0) is 0 Å². The van der Waals surface area contributed by atoms with Gasteiger partial charge in [-0.05, 0) is 43.3 Å². The van der Waals surface area contributed by atoms with Gasteiger partial charge in [0.2, 0.25) is 5.75 Å². The van der Waals surface area contributed by atoms with Crippen molar-refractivity contribution in [1.29, 1.82) is 0 Å². The Kier molecular flexibility index (Phi) is 4.24. The molecule has 6 heteroatoms. The second-order valence-electron chi connectivity index (χ2n) is 6.08. The van der Waals surface area contributed by atoms with Crippen molar-refractivity contribution >= 4 is 21.9 Å². The number of ether oxygens (including phenoxy) is 3. The Morgan fingerprint density at radius 2 is 1.52 bits per heavy atom. The molecule has 136 valence electrons. The summed E-state index contributed by atoms with van der Waals surface area (Å²) < 4.78 is 16.4. The fraction of sp³-hybridized carbons (Fsp3) is 0.190. The zero-order valence-electron chi connectivity index (χ0n) is 15.6. The predicted molar refractivity (Wildman–Crippen MR) is 105 cm³/mol. The first-order valence-corrected chi connectivity index (χ1v) is 8.48. The third-order valence-corrected chi connectivity index (χ3v) is 4.53. The Bertz CT molecular complexity index is 1130. The molecule has 0 aliphatic heterocycles. The van der Waals surface area contributed by atoms with E-state index in [1.54, 1.807) is 27.5 Å². The highest BCUT2D eigenvalue weighted by molar-refractivity contribution is 6.02. The van der Waals surface area contributed by atoms with Crippen LogP contribution in [0.5, 0.6) is 17.2 Å². The SMILES string of the molecule is COc1cc(-c2nc3c(ccc4ncccc43)nc2C)cc(OC)c1OC. The summed E-state index contributed by atoms with van der Waals surface area (Å²) in [6.07, 6.45) is 1.77. The van der Waals surface area contributed by atoms with Crippen LogP contribution in [0, 0.1) is 6.92 Å². The molecule has 0 unspecified atom stereocenters. The highest BCUT2D eigenvalue weighted by atomic mass is 16.5. The summed E-state index contributed by atoms with van der Waals surface area (Å²) in [6.45, 7) is 1.94. The molecular formula is C21H19N3O3. The quantitative estimate of drug-likeness (QED) is 0.508. The van der Waals surface area contributed by atoms with Gasteiger partial charge in [0.25, 0.3) is 0 Å². The molecule has 0 aliphatic rings. The molecule has 0 saturated carbocycles. The number of aromatic nitrogens is 3. The van der Waals surface area contributed by atoms with Gasteiger partial charge in [0.15, 0.2) is 11.5 Å². The molecule has 4 aromatic rings. The van der Waals surface area contributed by atoms with Gasteiger partial charge in [-0.3, -0.25) is 4.98 Å². The van der Waals surface area contributed by atoms with Crippen LogP contribution in [0.4, 0.5) is 0 Å². The number of rotatable bonds is 4. The number of methoxy groups -OCH3 is 3. The van der Waals surface area contributed by atoms with E-state index in [1.807, 2.05) is 43.3 Å². The summed E-state index contributed by atoms with van der Waals surface area (Å²) in [4.78, 5) is 14.1. The van der Waals surface area contributed by atoms with Crippen LogP contribution in [0.3, 0.4) is 0 Å². The van der Waals surface area contributed by atoms with Gasteiger partial charge >= 0.3 is 0 Å².